The maximum absolute atomic E-state index is 12.3. The van der Waals surface area contributed by atoms with Crippen LogP contribution in [0.2, 0.25) is 0 Å². The molecule has 114 valence electrons. The number of anilines is 3. The number of nitrogens with zero attached hydrogens (tertiary/aromatic N) is 2. The van der Waals surface area contributed by atoms with Crippen molar-refractivity contribution in [2.45, 2.75) is 6.92 Å². The van der Waals surface area contributed by atoms with E-state index in [0.29, 0.717) is 11.5 Å². The Morgan fingerprint density at radius 3 is 2.22 bits per heavy atom. The zero-order valence-electron chi connectivity index (χ0n) is 12.7. The highest BCUT2D eigenvalue weighted by Crippen LogP contribution is 2.17. The van der Waals surface area contributed by atoms with Gasteiger partial charge < -0.3 is 10.6 Å². The van der Waals surface area contributed by atoms with Crippen molar-refractivity contribution in [1.82, 2.24) is 9.97 Å². The van der Waals surface area contributed by atoms with Crippen molar-refractivity contribution < 1.29 is 4.79 Å². The first-order chi connectivity index (χ1) is 11.2. The van der Waals surface area contributed by atoms with Crippen LogP contribution in [-0.2, 0) is 0 Å². The lowest BCUT2D eigenvalue weighted by Gasteiger charge is -2.09. The Hall–Kier alpha value is -3.21. The highest BCUT2D eigenvalue weighted by Gasteiger charge is 2.08. The topological polar surface area (TPSA) is 66.9 Å². The van der Waals surface area contributed by atoms with Gasteiger partial charge in [0.1, 0.15) is 0 Å². The van der Waals surface area contributed by atoms with Gasteiger partial charge in [-0.15, -0.1) is 0 Å². The van der Waals surface area contributed by atoms with Gasteiger partial charge in [-0.2, -0.15) is 0 Å². The number of hydrogen-bond donors (Lipinski definition) is 2. The Bertz CT molecular complexity index is 801. The molecule has 5 nitrogen and oxygen atoms in total. The summed E-state index contributed by atoms with van der Waals surface area (Å²) in [5.41, 5.74) is 3.21. The summed E-state index contributed by atoms with van der Waals surface area (Å²) >= 11 is 0. The normalized spacial score (nSPS) is 10.1. The van der Waals surface area contributed by atoms with Crippen molar-refractivity contribution in [2.75, 3.05) is 10.6 Å². The number of nitrogens with one attached hydrogen (secondary N) is 2. The number of aryl methyl sites for hydroxylation is 1. The lowest BCUT2D eigenvalue weighted by molar-refractivity contribution is 0.102. The fourth-order valence-electron chi connectivity index (χ4n) is 2.16. The molecule has 0 bridgehead atoms. The first kappa shape index (κ1) is 14.7. The molecule has 1 amide bonds. The molecule has 0 saturated heterocycles. The quantitative estimate of drug-likeness (QED) is 0.769. The van der Waals surface area contributed by atoms with Crippen LogP contribution in [0.4, 0.5) is 17.3 Å². The average molecular weight is 304 g/mol. The van der Waals surface area contributed by atoms with E-state index in [0.717, 1.165) is 16.9 Å². The molecule has 0 saturated carbocycles. The molecule has 0 aliphatic rings. The molecule has 0 aliphatic heterocycles. The van der Waals surface area contributed by atoms with Crippen LogP contribution in [0.15, 0.2) is 67.0 Å². The minimum absolute atomic E-state index is 0.116. The Balaban J connectivity index is 1.68. The molecular formula is C18H16N4O. The van der Waals surface area contributed by atoms with Crippen LogP contribution in [0.25, 0.3) is 0 Å². The Kier molecular flexibility index (Phi) is 4.29. The summed E-state index contributed by atoms with van der Waals surface area (Å²) in [4.78, 5) is 20.5. The van der Waals surface area contributed by atoms with Crippen molar-refractivity contribution in [3.63, 3.8) is 0 Å². The van der Waals surface area contributed by atoms with Crippen molar-refractivity contribution in [3.05, 3.63) is 78.1 Å². The van der Waals surface area contributed by atoms with Gasteiger partial charge in [0.05, 0.1) is 0 Å². The van der Waals surface area contributed by atoms with Gasteiger partial charge in [-0.25, -0.2) is 9.97 Å². The van der Waals surface area contributed by atoms with Gasteiger partial charge in [-0.1, -0.05) is 18.2 Å². The molecule has 3 aromatic rings. The summed E-state index contributed by atoms with van der Waals surface area (Å²) in [7, 11) is 0. The molecule has 0 atom stereocenters. The van der Waals surface area contributed by atoms with Crippen LogP contribution in [-0.4, -0.2) is 15.9 Å². The molecule has 2 N–H and O–H groups in total. The van der Waals surface area contributed by atoms with E-state index in [1.165, 1.54) is 0 Å². The summed E-state index contributed by atoms with van der Waals surface area (Å²) in [6.45, 7) is 1.92. The summed E-state index contributed by atoms with van der Waals surface area (Å²) < 4.78 is 0. The van der Waals surface area contributed by atoms with Crippen molar-refractivity contribution in [3.8, 4) is 0 Å². The SMILES string of the molecule is Cc1ccccc1C(=O)Nc1ccc(Nc2ncccn2)cc1. The van der Waals surface area contributed by atoms with Crippen LogP contribution in [0.1, 0.15) is 15.9 Å². The second-order valence-corrected chi connectivity index (χ2v) is 5.04. The van der Waals surface area contributed by atoms with Gasteiger partial charge in [-0.3, -0.25) is 4.79 Å². The van der Waals surface area contributed by atoms with Gasteiger partial charge in [0, 0.05) is 29.3 Å². The van der Waals surface area contributed by atoms with Crippen LogP contribution in [0, 0.1) is 6.92 Å². The average Bonchev–Trinajstić information content (AvgIpc) is 2.58. The van der Waals surface area contributed by atoms with E-state index in [1.807, 2.05) is 55.5 Å². The fourth-order valence-corrected chi connectivity index (χ4v) is 2.16. The molecule has 1 heterocycles. The van der Waals surface area contributed by atoms with Gasteiger partial charge in [-0.05, 0) is 48.9 Å². The standard InChI is InChI=1S/C18H16N4O/c1-13-5-2-3-6-16(13)17(23)21-14-7-9-15(10-8-14)22-18-19-11-4-12-20-18/h2-12H,1H3,(H,21,23)(H,19,20,22). The Morgan fingerprint density at radius 1 is 0.870 bits per heavy atom. The van der Waals surface area contributed by atoms with E-state index in [9.17, 15) is 4.79 Å². The zero-order valence-corrected chi connectivity index (χ0v) is 12.7. The largest absolute Gasteiger partial charge is 0.324 e. The number of rotatable bonds is 4. The first-order valence-corrected chi connectivity index (χ1v) is 7.23. The van der Waals surface area contributed by atoms with E-state index < -0.39 is 0 Å². The lowest BCUT2D eigenvalue weighted by Crippen LogP contribution is -2.13. The van der Waals surface area contributed by atoms with Crippen LogP contribution >= 0.6 is 0 Å². The summed E-state index contributed by atoms with van der Waals surface area (Å²) in [5, 5.41) is 5.98. The molecule has 5 heteroatoms. The number of carbonyl (C=O) groups is 1. The van der Waals surface area contributed by atoms with E-state index >= 15 is 0 Å². The molecule has 1 aromatic heterocycles. The van der Waals surface area contributed by atoms with Gasteiger partial charge in [0.25, 0.3) is 5.91 Å². The summed E-state index contributed by atoms with van der Waals surface area (Å²) in [6.07, 6.45) is 3.35. The molecule has 0 spiro atoms. The fraction of sp³-hybridized carbons (Fsp3) is 0.0556. The van der Waals surface area contributed by atoms with Crippen molar-refractivity contribution >= 4 is 23.2 Å². The van der Waals surface area contributed by atoms with Gasteiger partial charge in [0.15, 0.2) is 0 Å². The van der Waals surface area contributed by atoms with Crippen molar-refractivity contribution in [1.29, 1.82) is 0 Å². The van der Waals surface area contributed by atoms with Crippen molar-refractivity contribution in [2.24, 2.45) is 0 Å². The van der Waals surface area contributed by atoms with Gasteiger partial charge >= 0.3 is 0 Å². The third-order valence-electron chi connectivity index (χ3n) is 3.35. The highest BCUT2D eigenvalue weighted by molar-refractivity contribution is 6.05. The Morgan fingerprint density at radius 2 is 1.52 bits per heavy atom. The maximum atomic E-state index is 12.3. The second-order valence-electron chi connectivity index (χ2n) is 5.04. The third kappa shape index (κ3) is 3.71. The number of amides is 1. The highest BCUT2D eigenvalue weighted by atomic mass is 16.1. The van der Waals surface area contributed by atoms with E-state index in [2.05, 4.69) is 20.6 Å². The number of aromatic nitrogens is 2. The predicted molar refractivity (Wildman–Crippen MR) is 90.9 cm³/mol. The first-order valence-electron chi connectivity index (χ1n) is 7.23. The predicted octanol–water partition coefficient (Wildman–Crippen LogP) is 3.78. The molecule has 23 heavy (non-hydrogen) atoms. The maximum Gasteiger partial charge on any atom is 0.255 e. The molecule has 3 rings (SSSR count). The molecule has 2 aromatic carbocycles. The molecule has 0 aliphatic carbocycles. The van der Waals surface area contributed by atoms with Crippen LogP contribution in [0.3, 0.4) is 0 Å². The number of hydrogen-bond acceptors (Lipinski definition) is 4. The third-order valence-corrected chi connectivity index (χ3v) is 3.35. The lowest BCUT2D eigenvalue weighted by atomic mass is 10.1. The van der Waals surface area contributed by atoms with Gasteiger partial charge in [0.2, 0.25) is 5.95 Å². The summed E-state index contributed by atoms with van der Waals surface area (Å²) in [5.74, 6) is 0.416. The number of benzene rings is 2. The number of carbonyl (C=O) groups excluding carboxylic acids is 1. The van der Waals surface area contributed by atoms with Crippen LogP contribution < -0.4 is 10.6 Å². The second kappa shape index (κ2) is 6.70. The minimum Gasteiger partial charge on any atom is -0.324 e. The van der Waals surface area contributed by atoms with E-state index in [-0.39, 0.29) is 5.91 Å². The molecule has 0 radical (unpaired) electrons. The zero-order chi connectivity index (χ0) is 16.1. The molecular weight excluding hydrogens is 288 g/mol. The molecule has 0 unspecified atom stereocenters. The van der Waals surface area contributed by atoms with E-state index in [1.54, 1.807) is 18.5 Å². The minimum atomic E-state index is -0.116. The molecule has 0 fully saturated rings. The monoisotopic (exact) mass is 304 g/mol. The Labute approximate surface area is 134 Å². The van der Waals surface area contributed by atoms with E-state index in [4.69, 9.17) is 0 Å². The van der Waals surface area contributed by atoms with Crippen LogP contribution in [0.5, 0.6) is 0 Å². The summed E-state index contributed by atoms with van der Waals surface area (Å²) in [6, 6.07) is 16.7. The smallest absolute Gasteiger partial charge is 0.255 e.